The fourth-order valence-corrected chi connectivity index (χ4v) is 2.20. The number of phenolic OH excluding ortho intramolecular Hbond substituents is 1. The van der Waals surface area contributed by atoms with Crippen LogP contribution in [0.25, 0.3) is 0 Å². The van der Waals surface area contributed by atoms with Gasteiger partial charge in [0.05, 0.1) is 10.6 Å². The van der Waals surface area contributed by atoms with Crippen molar-refractivity contribution in [2.24, 2.45) is 0 Å². The number of rotatable bonds is 2. The number of amides is 1. The van der Waals surface area contributed by atoms with Gasteiger partial charge in [0.2, 0.25) is 0 Å². The van der Waals surface area contributed by atoms with E-state index >= 15 is 0 Å². The first-order valence-corrected chi connectivity index (χ1v) is 6.70. The molecule has 0 atom stereocenters. The summed E-state index contributed by atoms with van der Waals surface area (Å²) in [7, 11) is 0. The van der Waals surface area contributed by atoms with Crippen LogP contribution in [0.1, 0.15) is 15.9 Å². The van der Waals surface area contributed by atoms with E-state index in [-0.39, 0.29) is 16.7 Å². The van der Waals surface area contributed by atoms with Crippen LogP contribution in [0.4, 0.5) is 5.69 Å². The Kier molecular flexibility index (Phi) is 4.12. The molecule has 2 aromatic rings. The van der Waals surface area contributed by atoms with Crippen LogP contribution in [-0.4, -0.2) is 11.0 Å². The maximum absolute atomic E-state index is 12.1. The molecule has 19 heavy (non-hydrogen) atoms. The van der Waals surface area contributed by atoms with Crippen LogP contribution in [0.3, 0.4) is 0 Å². The van der Waals surface area contributed by atoms with Crippen LogP contribution < -0.4 is 5.32 Å². The number of aryl methyl sites for hydroxylation is 1. The molecule has 1 amide bonds. The molecular formula is C14H11BrClNO2. The molecular weight excluding hydrogens is 330 g/mol. The molecule has 5 heteroatoms. The number of hydrogen-bond donors (Lipinski definition) is 2. The van der Waals surface area contributed by atoms with Gasteiger partial charge in [0.1, 0.15) is 5.75 Å². The van der Waals surface area contributed by atoms with E-state index in [4.69, 9.17) is 11.6 Å². The zero-order valence-electron chi connectivity index (χ0n) is 10.1. The second kappa shape index (κ2) is 5.63. The van der Waals surface area contributed by atoms with Gasteiger partial charge < -0.3 is 10.4 Å². The van der Waals surface area contributed by atoms with E-state index < -0.39 is 0 Å². The van der Waals surface area contributed by atoms with Gasteiger partial charge in [-0.25, -0.2) is 0 Å². The quantitative estimate of drug-likeness (QED) is 0.798. The second-order valence-electron chi connectivity index (χ2n) is 4.10. The standard InChI is InChI=1S/C14H11BrClNO2/c1-8-2-4-11(15)10(6-8)14(19)17-9-3-5-13(18)12(16)7-9/h2-7,18H,1H3,(H,17,19). The minimum absolute atomic E-state index is 0.0172. The lowest BCUT2D eigenvalue weighted by Gasteiger charge is -2.08. The van der Waals surface area contributed by atoms with Crippen LogP contribution >= 0.6 is 27.5 Å². The number of aromatic hydroxyl groups is 1. The fourth-order valence-electron chi connectivity index (χ4n) is 1.60. The topological polar surface area (TPSA) is 49.3 Å². The van der Waals surface area contributed by atoms with Crippen molar-refractivity contribution in [3.63, 3.8) is 0 Å². The molecule has 2 N–H and O–H groups in total. The SMILES string of the molecule is Cc1ccc(Br)c(C(=O)Nc2ccc(O)c(Cl)c2)c1. The van der Waals surface area contributed by atoms with Crippen molar-refractivity contribution >= 4 is 39.1 Å². The molecule has 3 nitrogen and oxygen atoms in total. The lowest BCUT2D eigenvalue weighted by Crippen LogP contribution is -2.12. The molecule has 0 heterocycles. The van der Waals surface area contributed by atoms with E-state index in [0.717, 1.165) is 10.0 Å². The Labute approximate surface area is 124 Å². The van der Waals surface area contributed by atoms with E-state index in [1.807, 2.05) is 19.1 Å². The zero-order chi connectivity index (χ0) is 14.0. The summed E-state index contributed by atoms with van der Waals surface area (Å²) < 4.78 is 0.723. The van der Waals surface area contributed by atoms with Crippen molar-refractivity contribution < 1.29 is 9.90 Å². The van der Waals surface area contributed by atoms with Crippen molar-refractivity contribution in [2.45, 2.75) is 6.92 Å². The number of carbonyl (C=O) groups excluding carboxylic acids is 1. The normalized spacial score (nSPS) is 10.3. The van der Waals surface area contributed by atoms with Crippen LogP contribution in [0, 0.1) is 6.92 Å². The summed E-state index contributed by atoms with van der Waals surface area (Å²) in [5, 5.41) is 12.2. The average Bonchev–Trinajstić information content (AvgIpc) is 2.36. The van der Waals surface area contributed by atoms with Crippen molar-refractivity contribution in [1.29, 1.82) is 0 Å². The highest BCUT2D eigenvalue weighted by atomic mass is 79.9. The van der Waals surface area contributed by atoms with Gasteiger partial charge in [-0.15, -0.1) is 0 Å². The molecule has 0 unspecified atom stereocenters. The Morgan fingerprint density at radius 3 is 2.68 bits per heavy atom. The van der Waals surface area contributed by atoms with Gasteiger partial charge in [0, 0.05) is 10.2 Å². The molecule has 98 valence electrons. The molecule has 0 aliphatic heterocycles. The monoisotopic (exact) mass is 339 g/mol. The Morgan fingerprint density at radius 1 is 1.26 bits per heavy atom. The predicted octanol–water partition coefficient (Wildman–Crippen LogP) is 4.37. The Bertz CT molecular complexity index is 643. The number of anilines is 1. The molecule has 0 saturated carbocycles. The molecule has 0 aliphatic carbocycles. The Balaban J connectivity index is 2.25. The Hall–Kier alpha value is -1.52. The summed E-state index contributed by atoms with van der Waals surface area (Å²) in [6.45, 7) is 1.92. The summed E-state index contributed by atoms with van der Waals surface area (Å²) in [5.74, 6) is -0.256. The van der Waals surface area contributed by atoms with Crippen LogP contribution in [-0.2, 0) is 0 Å². The fraction of sp³-hybridized carbons (Fsp3) is 0.0714. The number of carbonyl (C=O) groups is 1. The summed E-state index contributed by atoms with van der Waals surface area (Å²) >= 11 is 9.13. The van der Waals surface area contributed by atoms with Crippen molar-refractivity contribution in [2.75, 3.05) is 5.32 Å². The van der Waals surface area contributed by atoms with Gasteiger partial charge in [-0.1, -0.05) is 23.2 Å². The van der Waals surface area contributed by atoms with Crippen molar-refractivity contribution in [3.05, 3.63) is 57.0 Å². The van der Waals surface area contributed by atoms with E-state index in [1.54, 1.807) is 12.1 Å². The molecule has 2 aromatic carbocycles. The van der Waals surface area contributed by atoms with E-state index in [9.17, 15) is 9.90 Å². The van der Waals surface area contributed by atoms with Gasteiger partial charge in [0.25, 0.3) is 5.91 Å². The van der Waals surface area contributed by atoms with Crippen LogP contribution in [0.5, 0.6) is 5.75 Å². The summed E-state index contributed by atoms with van der Waals surface area (Å²) in [6, 6.07) is 10.1. The van der Waals surface area contributed by atoms with Gasteiger partial charge >= 0.3 is 0 Å². The van der Waals surface area contributed by atoms with Crippen molar-refractivity contribution in [3.8, 4) is 5.75 Å². The zero-order valence-corrected chi connectivity index (χ0v) is 12.4. The van der Waals surface area contributed by atoms with Gasteiger partial charge in [-0.05, 0) is 53.2 Å². The molecule has 0 saturated heterocycles. The van der Waals surface area contributed by atoms with Gasteiger partial charge in [0.15, 0.2) is 0 Å². The van der Waals surface area contributed by atoms with Gasteiger partial charge in [-0.3, -0.25) is 4.79 Å². The first-order chi connectivity index (χ1) is 8.97. The highest BCUT2D eigenvalue weighted by Gasteiger charge is 2.11. The molecule has 0 bridgehead atoms. The number of phenols is 1. The van der Waals surface area contributed by atoms with E-state index in [2.05, 4.69) is 21.2 Å². The summed E-state index contributed by atoms with van der Waals surface area (Å²) in [6.07, 6.45) is 0. The molecule has 0 aromatic heterocycles. The third-order valence-electron chi connectivity index (χ3n) is 2.57. The molecule has 2 rings (SSSR count). The number of halogens is 2. The molecule has 0 fully saturated rings. The lowest BCUT2D eigenvalue weighted by molar-refractivity contribution is 0.102. The first-order valence-electron chi connectivity index (χ1n) is 5.53. The van der Waals surface area contributed by atoms with E-state index in [1.165, 1.54) is 12.1 Å². The first kappa shape index (κ1) is 13.9. The summed E-state index contributed by atoms with van der Waals surface area (Å²) in [5.41, 5.74) is 2.07. The van der Waals surface area contributed by atoms with Crippen LogP contribution in [0.2, 0.25) is 5.02 Å². The maximum atomic E-state index is 12.1. The molecule has 0 aliphatic rings. The second-order valence-corrected chi connectivity index (χ2v) is 5.37. The number of hydrogen-bond acceptors (Lipinski definition) is 2. The summed E-state index contributed by atoms with van der Waals surface area (Å²) in [4.78, 5) is 12.1. The minimum Gasteiger partial charge on any atom is -0.506 e. The van der Waals surface area contributed by atoms with Gasteiger partial charge in [-0.2, -0.15) is 0 Å². The van der Waals surface area contributed by atoms with E-state index in [0.29, 0.717) is 11.3 Å². The third kappa shape index (κ3) is 3.28. The highest BCUT2D eigenvalue weighted by molar-refractivity contribution is 9.10. The molecule has 0 spiro atoms. The Morgan fingerprint density at radius 2 is 2.00 bits per heavy atom. The average molecular weight is 341 g/mol. The maximum Gasteiger partial charge on any atom is 0.256 e. The predicted molar refractivity (Wildman–Crippen MR) is 79.9 cm³/mol. The highest BCUT2D eigenvalue weighted by Crippen LogP contribution is 2.27. The number of benzene rings is 2. The van der Waals surface area contributed by atoms with Crippen LogP contribution in [0.15, 0.2) is 40.9 Å². The smallest absolute Gasteiger partial charge is 0.256 e. The minimum atomic E-state index is -0.239. The lowest BCUT2D eigenvalue weighted by atomic mass is 10.1. The van der Waals surface area contributed by atoms with Crippen molar-refractivity contribution in [1.82, 2.24) is 0 Å². The third-order valence-corrected chi connectivity index (χ3v) is 3.57. The largest absolute Gasteiger partial charge is 0.506 e. The number of nitrogens with one attached hydrogen (secondary N) is 1. The molecule has 0 radical (unpaired) electrons.